The number of hydrogen-bond acceptors (Lipinski definition) is 4. The molecule has 2 rings (SSSR count). The van der Waals surface area contributed by atoms with Crippen LogP contribution >= 0.6 is 0 Å². The predicted molar refractivity (Wildman–Crippen MR) is 79.4 cm³/mol. The molecule has 0 aromatic rings. The van der Waals surface area contributed by atoms with Crippen molar-refractivity contribution in [3.8, 4) is 0 Å². The van der Waals surface area contributed by atoms with Gasteiger partial charge in [0, 0.05) is 19.1 Å². The van der Waals surface area contributed by atoms with Crippen LogP contribution in [0.15, 0.2) is 0 Å². The molecule has 4 N–H and O–H groups in total. The summed E-state index contributed by atoms with van der Waals surface area (Å²) in [6.45, 7) is 3.37. The second kappa shape index (κ2) is 6.87. The SMILES string of the molecule is COCC1(CNC(=O)C2(N)CCCCC2)CCNCC1. The van der Waals surface area contributed by atoms with Crippen molar-refractivity contribution in [2.45, 2.75) is 50.5 Å². The van der Waals surface area contributed by atoms with Crippen molar-refractivity contribution in [1.29, 1.82) is 0 Å². The van der Waals surface area contributed by atoms with E-state index in [0.29, 0.717) is 13.2 Å². The normalized spacial score (nSPS) is 25.1. The Morgan fingerprint density at radius 3 is 2.45 bits per heavy atom. The number of amides is 1. The van der Waals surface area contributed by atoms with E-state index < -0.39 is 5.54 Å². The maximum absolute atomic E-state index is 12.4. The number of ether oxygens (including phenoxy) is 1. The van der Waals surface area contributed by atoms with Crippen LogP contribution in [0.2, 0.25) is 0 Å². The van der Waals surface area contributed by atoms with Crippen LogP contribution in [0.25, 0.3) is 0 Å². The summed E-state index contributed by atoms with van der Waals surface area (Å²) in [4.78, 5) is 12.4. The van der Waals surface area contributed by atoms with Gasteiger partial charge >= 0.3 is 0 Å². The molecule has 2 fully saturated rings. The second-order valence-electron chi connectivity index (χ2n) is 6.58. The van der Waals surface area contributed by atoms with Crippen molar-refractivity contribution in [1.82, 2.24) is 10.6 Å². The molecular formula is C15H29N3O2. The Hall–Kier alpha value is -0.650. The third-order valence-electron chi connectivity index (χ3n) is 4.94. The molecule has 2 aliphatic rings. The van der Waals surface area contributed by atoms with Gasteiger partial charge in [0.2, 0.25) is 5.91 Å². The molecule has 1 saturated carbocycles. The monoisotopic (exact) mass is 283 g/mol. The molecule has 5 nitrogen and oxygen atoms in total. The van der Waals surface area contributed by atoms with E-state index in [1.165, 1.54) is 6.42 Å². The molecule has 0 bridgehead atoms. The van der Waals surface area contributed by atoms with E-state index in [1.807, 2.05) is 0 Å². The van der Waals surface area contributed by atoms with Crippen LogP contribution < -0.4 is 16.4 Å². The zero-order valence-electron chi connectivity index (χ0n) is 12.7. The first-order valence-electron chi connectivity index (χ1n) is 7.87. The van der Waals surface area contributed by atoms with Crippen LogP contribution in [-0.2, 0) is 9.53 Å². The molecule has 1 aliphatic carbocycles. The first-order chi connectivity index (χ1) is 9.60. The van der Waals surface area contributed by atoms with Gasteiger partial charge in [0.1, 0.15) is 0 Å². The van der Waals surface area contributed by atoms with Crippen molar-refractivity contribution >= 4 is 5.91 Å². The molecule has 1 saturated heterocycles. The lowest BCUT2D eigenvalue weighted by molar-refractivity contribution is -0.128. The van der Waals surface area contributed by atoms with E-state index in [1.54, 1.807) is 7.11 Å². The lowest BCUT2D eigenvalue weighted by Gasteiger charge is -2.39. The lowest BCUT2D eigenvalue weighted by Crippen LogP contribution is -2.57. The quantitative estimate of drug-likeness (QED) is 0.697. The minimum atomic E-state index is -0.639. The third kappa shape index (κ3) is 3.71. The largest absolute Gasteiger partial charge is 0.384 e. The van der Waals surface area contributed by atoms with E-state index in [4.69, 9.17) is 10.5 Å². The standard InChI is InChI=1S/C15H29N3O2/c1-20-12-14(7-9-17-10-8-14)11-18-13(19)15(16)5-3-2-4-6-15/h17H,2-12,16H2,1H3,(H,18,19). The smallest absolute Gasteiger partial charge is 0.240 e. The highest BCUT2D eigenvalue weighted by Gasteiger charge is 2.38. The summed E-state index contributed by atoms with van der Waals surface area (Å²) in [6.07, 6.45) is 7.05. The third-order valence-corrected chi connectivity index (χ3v) is 4.94. The zero-order chi connectivity index (χ0) is 14.5. The van der Waals surface area contributed by atoms with Gasteiger partial charge in [0.25, 0.3) is 0 Å². The summed E-state index contributed by atoms with van der Waals surface area (Å²) in [5.74, 6) is 0.0335. The van der Waals surface area contributed by atoms with Gasteiger partial charge in [0.05, 0.1) is 12.1 Å². The zero-order valence-corrected chi connectivity index (χ0v) is 12.7. The van der Waals surface area contributed by atoms with Crippen molar-refractivity contribution < 1.29 is 9.53 Å². The molecule has 20 heavy (non-hydrogen) atoms. The van der Waals surface area contributed by atoms with Gasteiger partial charge in [0.15, 0.2) is 0 Å². The summed E-state index contributed by atoms with van der Waals surface area (Å²) < 4.78 is 5.38. The first kappa shape index (κ1) is 15.7. The van der Waals surface area contributed by atoms with Crippen molar-refractivity contribution in [2.75, 3.05) is 33.4 Å². The molecule has 0 aromatic heterocycles. The predicted octanol–water partition coefficient (Wildman–Crippen LogP) is 0.780. The van der Waals surface area contributed by atoms with Crippen molar-refractivity contribution in [2.24, 2.45) is 11.1 Å². The minimum absolute atomic E-state index is 0.0335. The highest BCUT2D eigenvalue weighted by Crippen LogP contribution is 2.30. The first-order valence-corrected chi connectivity index (χ1v) is 7.87. The molecule has 0 spiro atoms. The highest BCUT2D eigenvalue weighted by atomic mass is 16.5. The Kier molecular flexibility index (Phi) is 5.41. The van der Waals surface area contributed by atoms with Gasteiger partial charge in [-0.05, 0) is 38.8 Å². The van der Waals surface area contributed by atoms with Gasteiger partial charge in [-0.2, -0.15) is 0 Å². The van der Waals surface area contributed by atoms with E-state index in [0.717, 1.165) is 51.6 Å². The van der Waals surface area contributed by atoms with E-state index in [9.17, 15) is 4.79 Å². The van der Waals surface area contributed by atoms with Gasteiger partial charge in [-0.1, -0.05) is 19.3 Å². The summed E-state index contributed by atoms with van der Waals surface area (Å²) in [6, 6.07) is 0. The number of piperidine rings is 1. The van der Waals surface area contributed by atoms with Gasteiger partial charge in [-0.15, -0.1) is 0 Å². The molecule has 0 radical (unpaired) electrons. The topological polar surface area (TPSA) is 76.4 Å². The van der Waals surface area contributed by atoms with Crippen molar-refractivity contribution in [3.05, 3.63) is 0 Å². The van der Waals surface area contributed by atoms with Gasteiger partial charge in [-0.3, -0.25) is 4.79 Å². The average molecular weight is 283 g/mol. The van der Waals surface area contributed by atoms with Crippen LogP contribution in [0.3, 0.4) is 0 Å². The Bertz CT molecular complexity index is 316. The Morgan fingerprint density at radius 2 is 1.85 bits per heavy atom. The van der Waals surface area contributed by atoms with Gasteiger partial charge < -0.3 is 21.1 Å². The number of carbonyl (C=O) groups excluding carboxylic acids is 1. The number of hydrogen-bond donors (Lipinski definition) is 3. The summed E-state index contributed by atoms with van der Waals surface area (Å²) in [7, 11) is 1.73. The molecule has 0 unspecified atom stereocenters. The number of rotatable bonds is 5. The maximum atomic E-state index is 12.4. The van der Waals surface area contributed by atoms with E-state index in [2.05, 4.69) is 10.6 Å². The van der Waals surface area contributed by atoms with Crippen LogP contribution in [-0.4, -0.2) is 44.8 Å². The molecule has 0 atom stereocenters. The van der Waals surface area contributed by atoms with Crippen LogP contribution in [0.4, 0.5) is 0 Å². The highest BCUT2D eigenvalue weighted by molar-refractivity contribution is 5.86. The Balaban J connectivity index is 1.89. The molecular weight excluding hydrogens is 254 g/mol. The molecule has 1 aliphatic heterocycles. The Labute approximate surface area is 122 Å². The number of carbonyl (C=O) groups is 1. The van der Waals surface area contributed by atoms with Crippen LogP contribution in [0, 0.1) is 5.41 Å². The molecule has 0 aromatic carbocycles. The summed E-state index contributed by atoms with van der Waals surface area (Å²) in [5.41, 5.74) is 5.71. The van der Waals surface area contributed by atoms with Crippen LogP contribution in [0.5, 0.6) is 0 Å². The fourth-order valence-electron chi connectivity index (χ4n) is 3.49. The molecule has 1 heterocycles. The average Bonchev–Trinajstić information content (AvgIpc) is 2.47. The maximum Gasteiger partial charge on any atom is 0.240 e. The van der Waals surface area contributed by atoms with E-state index >= 15 is 0 Å². The van der Waals surface area contributed by atoms with Gasteiger partial charge in [-0.25, -0.2) is 0 Å². The number of methoxy groups -OCH3 is 1. The fraction of sp³-hybridized carbons (Fsp3) is 0.933. The number of nitrogens with two attached hydrogens (primary N) is 1. The number of nitrogens with one attached hydrogen (secondary N) is 2. The Morgan fingerprint density at radius 1 is 1.20 bits per heavy atom. The summed E-state index contributed by atoms with van der Waals surface area (Å²) in [5, 5.41) is 6.48. The fourth-order valence-corrected chi connectivity index (χ4v) is 3.49. The van der Waals surface area contributed by atoms with Crippen LogP contribution in [0.1, 0.15) is 44.9 Å². The molecule has 116 valence electrons. The molecule has 5 heteroatoms. The minimum Gasteiger partial charge on any atom is -0.384 e. The lowest BCUT2D eigenvalue weighted by atomic mass is 9.78. The van der Waals surface area contributed by atoms with Crippen molar-refractivity contribution in [3.63, 3.8) is 0 Å². The molecule has 1 amide bonds. The van der Waals surface area contributed by atoms with E-state index in [-0.39, 0.29) is 11.3 Å². The summed E-state index contributed by atoms with van der Waals surface area (Å²) >= 11 is 0. The second-order valence-corrected chi connectivity index (χ2v) is 6.58.